The van der Waals surface area contributed by atoms with Gasteiger partial charge in [-0.25, -0.2) is 0 Å². The molecule has 0 radical (unpaired) electrons. The van der Waals surface area contributed by atoms with Crippen molar-refractivity contribution < 1.29 is 9.59 Å². The highest BCUT2D eigenvalue weighted by Gasteiger charge is 1.57. The minimum Gasteiger partial charge on any atom is -0.186 e. The molecule has 2 nitrogen and oxygen atoms in total. The van der Waals surface area contributed by atoms with E-state index in [0.717, 1.165) is 0 Å². The Labute approximate surface area is 53.1 Å². The molecule has 2 heteroatoms. The number of hydrogen-bond acceptors (Lipinski definition) is 2. The topological polar surface area (TPSA) is 34.1 Å². The molecular weight excluding hydrogens is 116 g/mol. The maximum atomic E-state index is 8.12. The zero-order chi connectivity index (χ0) is 6.95. The third-order valence-electron chi connectivity index (χ3n) is 0.667. The van der Waals surface area contributed by atoms with Gasteiger partial charge in [-0.1, -0.05) is 36.4 Å². The van der Waals surface area contributed by atoms with E-state index in [1.54, 1.807) is 0 Å². The highest BCUT2D eigenvalue weighted by molar-refractivity contribution is 5.20. The molecule has 0 spiro atoms. The maximum absolute atomic E-state index is 8.12. The van der Waals surface area contributed by atoms with Gasteiger partial charge in [-0.2, -0.15) is 9.59 Å². The minimum atomic E-state index is 0.250. The second-order valence-corrected chi connectivity index (χ2v) is 1.24. The zero-order valence-electron chi connectivity index (χ0n) is 4.78. The Bertz CT molecular complexity index is 137. The Morgan fingerprint density at radius 3 is 0.889 bits per heavy atom. The lowest BCUT2D eigenvalue weighted by molar-refractivity contribution is -0.191. The van der Waals surface area contributed by atoms with Crippen LogP contribution in [0.5, 0.6) is 0 Å². The minimum absolute atomic E-state index is 0.250. The number of hydrogen-bond donors (Lipinski definition) is 0. The van der Waals surface area contributed by atoms with Crippen molar-refractivity contribution in [3.63, 3.8) is 0 Å². The molecular formula is C7H6O2. The summed E-state index contributed by atoms with van der Waals surface area (Å²) >= 11 is 0. The van der Waals surface area contributed by atoms with Gasteiger partial charge in [0, 0.05) is 0 Å². The molecule has 0 aliphatic rings. The first-order valence-electron chi connectivity index (χ1n) is 2.41. The van der Waals surface area contributed by atoms with Crippen LogP contribution in [0.25, 0.3) is 0 Å². The number of rotatable bonds is 0. The van der Waals surface area contributed by atoms with Crippen LogP contribution >= 0.6 is 0 Å². The molecule has 0 amide bonds. The Balaban J connectivity index is 0.000000187. The zero-order valence-corrected chi connectivity index (χ0v) is 4.78. The smallest absolute Gasteiger partial charge is 0.186 e. The van der Waals surface area contributed by atoms with Crippen LogP contribution in [0.4, 0.5) is 0 Å². The van der Waals surface area contributed by atoms with E-state index in [1.165, 1.54) is 0 Å². The van der Waals surface area contributed by atoms with Crippen LogP contribution in [-0.4, -0.2) is 6.15 Å². The fourth-order valence-corrected chi connectivity index (χ4v) is 0.385. The molecule has 0 aromatic heterocycles. The summed E-state index contributed by atoms with van der Waals surface area (Å²) in [5, 5.41) is 0. The molecule has 0 aliphatic heterocycles. The van der Waals surface area contributed by atoms with Crippen LogP contribution in [0.3, 0.4) is 0 Å². The predicted octanol–water partition coefficient (Wildman–Crippen LogP) is 1.10. The molecule has 0 N–H and O–H groups in total. The van der Waals surface area contributed by atoms with Crippen molar-refractivity contribution in [2.45, 2.75) is 0 Å². The van der Waals surface area contributed by atoms with Crippen molar-refractivity contribution in [3.8, 4) is 0 Å². The fourth-order valence-electron chi connectivity index (χ4n) is 0.385. The standard InChI is InChI=1S/C6H6.CO2/c1-2-4-6-5-3-1;2-1-3/h1-6H;. The van der Waals surface area contributed by atoms with Crippen molar-refractivity contribution >= 4 is 6.15 Å². The van der Waals surface area contributed by atoms with Crippen molar-refractivity contribution in [1.82, 2.24) is 0 Å². The first kappa shape index (κ1) is 7.60. The van der Waals surface area contributed by atoms with Crippen molar-refractivity contribution in [3.05, 3.63) is 36.4 Å². The molecule has 0 aliphatic carbocycles. The van der Waals surface area contributed by atoms with E-state index in [-0.39, 0.29) is 6.15 Å². The normalized spacial score (nSPS) is 6.22. The van der Waals surface area contributed by atoms with Gasteiger partial charge in [0.05, 0.1) is 0 Å². The van der Waals surface area contributed by atoms with Gasteiger partial charge in [-0.15, -0.1) is 0 Å². The summed E-state index contributed by atoms with van der Waals surface area (Å²) in [7, 11) is 0. The second-order valence-electron chi connectivity index (χ2n) is 1.24. The average Bonchev–Trinajstić information content (AvgIpc) is 1.93. The summed E-state index contributed by atoms with van der Waals surface area (Å²) in [5.41, 5.74) is 0. The van der Waals surface area contributed by atoms with Gasteiger partial charge in [0.25, 0.3) is 0 Å². The first-order valence-corrected chi connectivity index (χ1v) is 2.41. The van der Waals surface area contributed by atoms with Crippen LogP contribution in [0.1, 0.15) is 0 Å². The lowest BCUT2D eigenvalue weighted by Gasteiger charge is -1.69. The van der Waals surface area contributed by atoms with Gasteiger partial charge in [-0.05, 0) is 0 Å². The molecule has 1 aromatic carbocycles. The Morgan fingerprint density at radius 2 is 0.778 bits per heavy atom. The van der Waals surface area contributed by atoms with Crippen LogP contribution in [0, 0.1) is 0 Å². The average molecular weight is 122 g/mol. The number of benzene rings is 1. The van der Waals surface area contributed by atoms with E-state index in [4.69, 9.17) is 9.59 Å². The molecule has 1 aromatic rings. The van der Waals surface area contributed by atoms with Crippen LogP contribution in [0.15, 0.2) is 36.4 Å². The summed E-state index contributed by atoms with van der Waals surface area (Å²) in [5.74, 6) is 0. The molecule has 0 saturated carbocycles. The molecule has 0 saturated heterocycles. The lowest BCUT2D eigenvalue weighted by atomic mass is 10.4. The van der Waals surface area contributed by atoms with E-state index in [0.29, 0.717) is 0 Å². The van der Waals surface area contributed by atoms with Crippen LogP contribution in [-0.2, 0) is 9.59 Å². The summed E-state index contributed by atoms with van der Waals surface area (Å²) in [6.45, 7) is 0. The van der Waals surface area contributed by atoms with E-state index in [2.05, 4.69) is 0 Å². The highest BCUT2D eigenvalue weighted by atomic mass is 16.2. The van der Waals surface area contributed by atoms with Crippen molar-refractivity contribution in [2.75, 3.05) is 0 Å². The van der Waals surface area contributed by atoms with Gasteiger partial charge in [-0.3, -0.25) is 0 Å². The van der Waals surface area contributed by atoms with Crippen LogP contribution < -0.4 is 0 Å². The highest BCUT2D eigenvalue weighted by Crippen LogP contribution is 1.79. The van der Waals surface area contributed by atoms with Crippen molar-refractivity contribution in [2.24, 2.45) is 0 Å². The Kier molecular flexibility index (Phi) is 5.57. The first-order chi connectivity index (χ1) is 4.41. The largest absolute Gasteiger partial charge is 0.373 e. The fraction of sp³-hybridized carbons (Fsp3) is 0. The van der Waals surface area contributed by atoms with Crippen LogP contribution in [0.2, 0.25) is 0 Å². The molecule has 9 heavy (non-hydrogen) atoms. The maximum Gasteiger partial charge on any atom is 0.373 e. The second kappa shape index (κ2) is 6.60. The Morgan fingerprint density at radius 1 is 0.667 bits per heavy atom. The molecule has 0 unspecified atom stereocenters. The predicted molar refractivity (Wildman–Crippen MR) is 31.4 cm³/mol. The van der Waals surface area contributed by atoms with E-state index >= 15 is 0 Å². The van der Waals surface area contributed by atoms with Gasteiger partial charge >= 0.3 is 6.15 Å². The third-order valence-corrected chi connectivity index (χ3v) is 0.667. The van der Waals surface area contributed by atoms with E-state index < -0.39 is 0 Å². The molecule has 1 rings (SSSR count). The SMILES string of the molecule is O=C=O.c1ccccc1. The van der Waals surface area contributed by atoms with Gasteiger partial charge in [0.15, 0.2) is 0 Å². The molecule has 0 atom stereocenters. The summed E-state index contributed by atoms with van der Waals surface area (Å²) in [6, 6.07) is 12.0. The van der Waals surface area contributed by atoms with E-state index in [1.807, 2.05) is 36.4 Å². The monoisotopic (exact) mass is 122 g/mol. The van der Waals surface area contributed by atoms with Crippen molar-refractivity contribution in [1.29, 1.82) is 0 Å². The summed E-state index contributed by atoms with van der Waals surface area (Å²) < 4.78 is 0. The van der Waals surface area contributed by atoms with Gasteiger partial charge in [0.1, 0.15) is 0 Å². The number of carbonyl (C=O) groups excluding carboxylic acids is 2. The summed E-state index contributed by atoms with van der Waals surface area (Å²) in [6.07, 6.45) is 0.250. The summed E-state index contributed by atoms with van der Waals surface area (Å²) in [4.78, 5) is 16.2. The van der Waals surface area contributed by atoms with Gasteiger partial charge < -0.3 is 0 Å². The quantitative estimate of drug-likeness (QED) is 0.516. The molecule has 0 fully saturated rings. The Hall–Kier alpha value is -1.40. The third kappa shape index (κ3) is 6.60. The molecule has 0 heterocycles. The van der Waals surface area contributed by atoms with E-state index in [9.17, 15) is 0 Å². The molecule has 0 bridgehead atoms. The van der Waals surface area contributed by atoms with Gasteiger partial charge in [0.2, 0.25) is 0 Å². The molecule has 46 valence electrons. The lowest BCUT2D eigenvalue weighted by Crippen LogP contribution is -1.47.